The Morgan fingerprint density at radius 3 is 3.00 bits per heavy atom. The van der Waals surface area contributed by atoms with Gasteiger partial charge in [-0.3, -0.25) is 0 Å². The summed E-state index contributed by atoms with van der Waals surface area (Å²) in [5.74, 6) is 0. The van der Waals surface area contributed by atoms with Gasteiger partial charge in [0.2, 0.25) is 0 Å². The fourth-order valence-corrected chi connectivity index (χ4v) is 0.849. The van der Waals surface area contributed by atoms with E-state index in [1.807, 2.05) is 13.0 Å². The van der Waals surface area contributed by atoms with E-state index >= 15 is 0 Å². The lowest BCUT2D eigenvalue weighted by Crippen LogP contribution is -2.36. The molecule has 0 aromatic carbocycles. The van der Waals surface area contributed by atoms with E-state index in [2.05, 4.69) is 5.32 Å². The summed E-state index contributed by atoms with van der Waals surface area (Å²) in [7, 11) is 1.75. The number of nitrogens with one attached hydrogen (secondary N) is 1. The number of carbonyl (C=O) groups excluding carboxylic acids is 1. The maximum Gasteiger partial charge on any atom is 0.317 e. The molecule has 4 nitrogen and oxygen atoms in total. The van der Waals surface area contributed by atoms with Crippen molar-refractivity contribution in [3.05, 3.63) is 24.2 Å². The van der Waals surface area contributed by atoms with E-state index in [1.165, 1.54) is 0 Å². The quantitative estimate of drug-likeness (QED) is 0.768. The Morgan fingerprint density at radius 1 is 1.69 bits per heavy atom. The summed E-state index contributed by atoms with van der Waals surface area (Å²) >= 11 is 0. The van der Waals surface area contributed by atoms with Gasteiger partial charge in [0.05, 0.1) is 12.5 Å². The van der Waals surface area contributed by atoms with Gasteiger partial charge in [0.25, 0.3) is 0 Å². The molecule has 1 N–H and O–H groups in total. The summed E-state index contributed by atoms with van der Waals surface area (Å²) in [5.41, 5.74) is 0.970. The van der Waals surface area contributed by atoms with Crippen LogP contribution in [-0.4, -0.2) is 24.5 Å². The number of rotatable bonds is 3. The Bertz CT molecular complexity index is 257. The number of carbonyl (C=O) groups is 1. The van der Waals surface area contributed by atoms with Crippen LogP contribution in [0.4, 0.5) is 4.79 Å². The van der Waals surface area contributed by atoms with Crippen molar-refractivity contribution >= 4 is 6.03 Å². The molecule has 1 aromatic heterocycles. The van der Waals surface area contributed by atoms with E-state index < -0.39 is 0 Å². The van der Waals surface area contributed by atoms with Crippen molar-refractivity contribution in [3.63, 3.8) is 0 Å². The predicted molar refractivity (Wildman–Crippen MR) is 49.2 cm³/mol. The highest BCUT2D eigenvalue weighted by Gasteiger charge is 2.04. The van der Waals surface area contributed by atoms with Crippen molar-refractivity contribution in [1.82, 2.24) is 10.2 Å². The van der Waals surface area contributed by atoms with Crippen LogP contribution in [0.15, 0.2) is 23.0 Å². The molecule has 0 spiro atoms. The van der Waals surface area contributed by atoms with Gasteiger partial charge in [-0.2, -0.15) is 0 Å². The molecular formula is C9H14N2O2. The Labute approximate surface area is 77.5 Å². The topological polar surface area (TPSA) is 45.5 Å². The number of furan rings is 1. The zero-order valence-electron chi connectivity index (χ0n) is 7.91. The molecule has 72 valence electrons. The third kappa shape index (κ3) is 2.82. The first-order valence-electron chi connectivity index (χ1n) is 4.24. The van der Waals surface area contributed by atoms with Gasteiger partial charge in [-0.05, 0) is 13.0 Å². The monoisotopic (exact) mass is 182 g/mol. The molecule has 0 saturated heterocycles. The summed E-state index contributed by atoms with van der Waals surface area (Å²) in [5, 5.41) is 2.76. The van der Waals surface area contributed by atoms with Crippen molar-refractivity contribution in [3.8, 4) is 0 Å². The Hall–Kier alpha value is -1.45. The van der Waals surface area contributed by atoms with Gasteiger partial charge in [-0.15, -0.1) is 0 Å². The van der Waals surface area contributed by atoms with Crippen LogP contribution in [0.3, 0.4) is 0 Å². The van der Waals surface area contributed by atoms with Gasteiger partial charge >= 0.3 is 6.03 Å². The zero-order chi connectivity index (χ0) is 9.68. The van der Waals surface area contributed by atoms with Gasteiger partial charge in [-0.25, -0.2) is 4.79 Å². The molecule has 2 amide bonds. The third-order valence-corrected chi connectivity index (χ3v) is 1.84. The van der Waals surface area contributed by atoms with E-state index in [4.69, 9.17) is 4.42 Å². The fraction of sp³-hybridized carbons (Fsp3) is 0.444. The highest BCUT2D eigenvalue weighted by Crippen LogP contribution is 1.98. The molecule has 0 atom stereocenters. The molecule has 13 heavy (non-hydrogen) atoms. The minimum absolute atomic E-state index is 0.0660. The van der Waals surface area contributed by atoms with E-state index in [-0.39, 0.29) is 6.03 Å². The molecular weight excluding hydrogens is 168 g/mol. The number of nitrogens with zero attached hydrogens (tertiary/aromatic N) is 1. The second-order valence-electron chi connectivity index (χ2n) is 2.80. The minimum atomic E-state index is -0.0660. The predicted octanol–water partition coefficient (Wildman–Crippen LogP) is 1.44. The maximum atomic E-state index is 11.3. The van der Waals surface area contributed by atoms with Crippen molar-refractivity contribution in [2.75, 3.05) is 13.6 Å². The summed E-state index contributed by atoms with van der Waals surface area (Å²) in [6.45, 7) is 3.15. The Morgan fingerprint density at radius 2 is 2.46 bits per heavy atom. The molecule has 0 radical (unpaired) electrons. The van der Waals surface area contributed by atoms with Crippen LogP contribution in [0.5, 0.6) is 0 Å². The average Bonchev–Trinajstić information content (AvgIpc) is 2.65. The number of hydrogen-bond donors (Lipinski definition) is 1. The lowest BCUT2D eigenvalue weighted by Gasteiger charge is -2.14. The minimum Gasteiger partial charge on any atom is -0.472 e. The van der Waals surface area contributed by atoms with Gasteiger partial charge in [0.1, 0.15) is 0 Å². The van der Waals surface area contributed by atoms with E-state index in [0.717, 1.165) is 5.56 Å². The summed E-state index contributed by atoms with van der Waals surface area (Å²) in [6.07, 6.45) is 3.21. The molecule has 0 saturated carbocycles. The molecule has 4 heteroatoms. The van der Waals surface area contributed by atoms with Crippen molar-refractivity contribution in [2.45, 2.75) is 13.5 Å². The second-order valence-corrected chi connectivity index (χ2v) is 2.80. The molecule has 1 heterocycles. The van der Waals surface area contributed by atoms with E-state index in [1.54, 1.807) is 24.5 Å². The van der Waals surface area contributed by atoms with Crippen LogP contribution < -0.4 is 5.32 Å². The number of amides is 2. The summed E-state index contributed by atoms with van der Waals surface area (Å²) in [4.78, 5) is 12.9. The molecule has 1 aromatic rings. The smallest absolute Gasteiger partial charge is 0.317 e. The van der Waals surface area contributed by atoms with Crippen LogP contribution in [0.1, 0.15) is 12.5 Å². The van der Waals surface area contributed by atoms with Crippen molar-refractivity contribution < 1.29 is 9.21 Å². The molecule has 0 aliphatic rings. The number of hydrogen-bond acceptors (Lipinski definition) is 2. The molecule has 0 fully saturated rings. The van der Waals surface area contributed by atoms with Crippen molar-refractivity contribution in [1.29, 1.82) is 0 Å². The Kier molecular flexibility index (Phi) is 3.37. The maximum absolute atomic E-state index is 11.3. The third-order valence-electron chi connectivity index (χ3n) is 1.84. The van der Waals surface area contributed by atoms with E-state index in [9.17, 15) is 4.79 Å². The highest BCUT2D eigenvalue weighted by molar-refractivity contribution is 5.73. The lowest BCUT2D eigenvalue weighted by molar-refractivity contribution is 0.210. The van der Waals surface area contributed by atoms with Gasteiger partial charge < -0.3 is 14.6 Å². The average molecular weight is 182 g/mol. The molecule has 0 bridgehead atoms. The van der Waals surface area contributed by atoms with Crippen LogP contribution in [0.2, 0.25) is 0 Å². The van der Waals surface area contributed by atoms with Gasteiger partial charge in [0, 0.05) is 25.7 Å². The van der Waals surface area contributed by atoms with Crippen LogP contribution in [0.25, 0.3) is 0 Å². The SMILES string of the molecule is CCN(C)C(=O)NCc1ccoc1. The fourth-order valence-electron chi connectivity index (χ4n) is 0.849. The second kappa shape index (κ2) is 4.54. The first-order chi connectivity index (χ1) is 6.24. The molecule has 0 unspecified atom stereocenters. The normalized spacial score (nSPS) is 9.69. The highest BCUT2D eigenvalue weighted by atomic mass is 16.3. The molecule has 0 aliphatic carbocycles. The first-order valence-corrected chi connectivity index (χ1v) is 4.24. The van der Waals surface area contributed by atoms with Crippen LogP contribution in [0, 0.1) is 0 Å². The molecule has 0 aliphatic heterocycles. The summed E-state index contributed by atoms with van der Waals surface area (Å²) in [6, 6.07) is 1.76. The van der Waals surface area contributed by atoms with Gasteiger partial charge in [-0.1, -0.05) is 0 Å². The largest absolute Gasteiger partial charge is 0.472 e. The standard InChI is InChI=1S/C9H14N2O2/c1-3-11(2)9(12)10-6-8-4-5-13-7-8/h4-5,7H,3,6H2,1-2H3,(H,10,12). The van der Waals surface area contributed by atoms with Crippen LogP contribution >= 0.6 is 0 Å². The number of urea groups is 1. The van der Waals surface area contributed by atoms with Crippen molar-refractivity contribution in [2.24, 2.45) is 0 Å². The Balaban J connectivity index is 2.31. The van der Waals surface area contributed by atoms with Gasteiger partial charge in [0.15, 0.2) is 0 Å². The van der Waals surface area contributed by atoms with E-state index in [0.29, 0.717) is 13.1 Å². The first kappa shape index (κ1) is 9.64. The van der Waals surface area contributed by atoms with Crippen LogP contribution in [-0.2, 0) is 6.54 Å². The zero-order valence-corrected chi connectivity index (χ0v) is 7.91. The molecule has 1 rings (SSSR count). The lowest BCUT2D eigenvalue weighted by atomic mass is 10.3. The summed E-state index contributed by atoms with van der Waals surface area (Å²) < 4.78 is 4.87.